The molecular weight excluding hydrogens is 328 g/mol. The minimum absolute atomic E-state index is 0.0162. The molecule has 7 nitrogen and oxygen atoms in total. The first-order valence-electron chi connectivity index (χ1n) is 8.94. The van der Waals surface area contributed by atoms with Crippen molar-refractivity contribution in [1.82, 2.24) is 15.0 Å². The van der Waals surface area contributed by atoms with Crippen molar-refractivity contribution in [2.24, 2.45) is 0 Å². The van der Waals surface area contributed by atoms with Gasteiger partial charge in [-0.15, -0.1) is 0 Å². The maximum atomic E-state index is 10.6. The van der Waals surface area contributed by atoms with Gasteiger partial charge in [-0.05, 0) is 50.8 Å². The van der Waals surface area contributed by atoms with Crippen LogP contribution in [0.1, 0.15) is 44.6 Å². The number of benzene rings is 1. The summed E-state index contributed by atoms with van der Waals surface area (Å²) in [5.74, 6) is 6.92. The summed E-state index contributed by atoms with van der Waals surface area (Å²) in [5.41, 5.74) is 7.62. The van der Waals surface area contributed by atoms with E-state index in [2.05, 4.69) is 32.1 Å². The second kappa shape index (κ2) is 6.46. The molecule has 1 atom stereocenters. The van der Waals surface area contributed by atoms with Crippen molar-refractivity contribution in [2.45, 2.75) is 50.8 Å². The Labute approximate surface area is 152 Å². The molecule has 0 bridgehead atoms. The molecule has 1 aromatic heterocycles. The van der Waals surface area contributed by atoms with E-state index in [0.29, 0.717) is 5.95 Å². The Balaban J connectivity index is 1.66. The van der Waals surface area contributed by atoms with Crippen LogP contribution in [0, 0.1) is 11.8 Å². The number of hydrogen-bond acceptors (Lipinski definition) is 7. The van der Waals surface area contributed by atoms with Gasteiger partial charge in [0.2, 0.25) is 11.9 Å². The lowest BCUT2D eigenvalue weighted by Crippen LogP contribution is -2.30. The van der Waals surface area contributed by atoms with Crippen LogP contribution in [-0.2, 0) is 0 Å². The van der Waals surface area contributed by atoms with Crippen LogP contribution in [0.5, 0.6) is 0 Å². The third-order valence-electron chi connectivity index (χ3n) is 4.92. The standard InChI is InChI=1S/C19H22N6O/c1-13-23-15-6-5-14(7-10-19(26)8-3-2-4-9-19)11-16(15)25(13)18-22-12-21-17(20)24-18/h5-6,11-13,23,26H,2-4,8-9H2,1H3,(H2,20,21,22,24). The van der Waals surface area contributed by atoms with Crippen LogP contribution >= 0.6 is 0 Å². The monoisotopic (exact) mass is 350 g/mol. The lowest BCUT2D eigenvalue weighted by molar-refractivity contribution is 0.0610. The minimum atomic E-state index is -0.856. The molecule has 26 heavy (non-hydrogen) atoms. The van der Waals surface area contributed by atoms with E-state index in [4.69, 9.17) is 5.73 Å². The number of rotatable bonds is 1. The predicted octanol–water partition coefficient (Wildman–Crippen LogP) is 2.41. The molecule has 2 aliphatic rings. The molecule has 4 N–H and O–H groups in total. The molecule has 1 aromatic carbocycles. The summed E-state index contributed by atoms with van der Waals surface area (Å²) >= 11 is 0. The number of aromatic nitrogens is 3. The third kappa shape index (κ3) is 3.16. The molecular formula is C19H22N6O. The van der Waals surface area contributed by atoms with Crippen LogP contribution in [0.25, 0.3) is 0 Å². The SMILES string of the molecule is CC1Nc2ccc(C#CC3(O)CCCCC3)cc2N1c1ncnc(N)n1. The van der Waals surface area contributed by atoms with Crippen LogP contribution < -0.4 is 16.0 Å². The molecule has 7 heteroatoms. The van der Waals surface area contributed by atoms with Crippen molar-refractivity contribution in [1.29, 1.82) is 0 Å². The van der Waals surface area contributed by atoms with Crippen LogP contribution in [0.2, 0.25) is 0 Å². The molecule has 134 valence electrons. The van der Waals surface area contributed by atoms with E-state index in [1.807, 2.05) is 30.0 Å². The lowest BCUT2D eigenvalue weighted by Gasteiger charge is -2.26. The fourth-order valence-electron chi connectivity index (χ4n) is 3.58. The van der Waals surface area contributed by atoms with Crippen LogP contribution in [-0.4, -0.2) is 31.8 Å². The zero-order valence-corrected chi connectivity index (χ0v) is 14.7. The van der Waals surface area contributed by atoms with E-state index in [1.54, 1.807) is 0 Å². The van der Waals surface area contributed by atoms with Crippen LogP contribution in [0.3, 0.4) is 0 Å². The first-order valence-corrected chi connectivity index (χ1v) is 8.94. The molecule has 0 amide bonds. The van der Waals surface area contributed by atoms with Gasteiger partial charge in [-0.1, -0.05) is 18.3 Å². The number of nitrogens with two attached hydrogens (primary N) is 1. The van der Waals surface area contributed by atoms with Gasteiger partial charge in [0.25, 0.3) is 0 Å². The van der Waals surface area contributed by atoms with Crippen LogP contribution in [0.4, 0.5) is 23.3 Å². The largest absolute Gasteiger partial charge is 0.378 e. The number of nitrogens with zero attached hydrogens (tertiary/aromatic N) is 4. The van der Waals surface area contributed by atoms with E-state index in [9.17, 15) is 5.11 Å². The maximum absolute atomic E-state index is 10.6. The normalized spacial score (nSPS) is 20.7. The van der Waals surface area contributed by atoms with Gasteiger partial charge in [0, 0.05) is 5.56 Å². The Kier molecular flexibility index (Phi) is 4.13. The number of nitrogens with one attached hydrogen (secondary N) is 1. The summed E-state index contributed by atoms with van der Waals surface area (Å²) in [7, 11) is 0. The Morgan fingerprint density at radius 3 is 2.85 bits per heavy atom. The van der Waals surface area contributed by atoms with E-state index < -0.39 is 5.60 Å². The smallest absolute Gasteiger partial charge is 0.236 e. The van der Waals surface area contributed by atoms with Gasteiger partial charge in [-0.3, -0.25) is 4.90 Å². The fraction of sp³-hybridized carbons (Fsp3) is 0.421. The van der Waals surface area contributed by atoms with E-state index in [0.717, 1.165) is 42.6 Å². The van der Waals surface area contributed by atoms with E-state index in [1.165, 1.54) is 12.7 Å². The molecule has 1 saturated carbocycles. The number of fused-ring (bicyclic) bond motifs is 1. The van der Waals surface area contributed by atoms with Gasteiger partial charge in [-0.25, -0.2) is 9.97 Å². The summed E-state index contributed by atoms with van der Waals surface area (Å²) in [6, 6.07) is 5.94. The first kappa shape index (κ1) is 16.6. The Bertz CT molecular complexity index is 881. The van der Waals surface area contributed by atoms with Crippen molar-refractivity contribution in [3.63, 3.8) is 0 Å². The average molecular weight is 350 g/mol. The topological polar surface area (TPSA) is 100 Å². The molecule has 2 heterocycles. The summed E-state index contributed by atoms with van der Waals surface area (Å²) in [4.78, 5) is 14.3. The molecule has 1 aliphatic carbocycles. The molecule has 0 saturated heterocycles. The number of nitrogen functional groups attached to an aromatic ring is 1. The second-order valence-electron chi connectivity index (χ2n) is 6.91. The average Bonchev–Trinajstić information content (AvgIpc) is 2.96. The number of anilines is 4. The van der Waals surface area contributed by atoms with Gasteiger partial charge < -0.3 is 16.2 Å². The molecule has 4 rings (SSSR count). The van der Waals surface area contributed by atoms with E-state index >= 15 is 0 Å². The van der Waals surface area contributed by atoms with Crippen molar-refractivity contribution in [3.05, 3.63) is 30.1 Å². The highest BCUT2D eigenvalue weighted by molar-refractivity contribution is 5.81. The Morgan fingerprint density at radius 1 is 1.27 bits per heavy atom. The Hall–Kier alpha value is -2.85. The van der Waals surface area contributed by atoms with Crippen molar-refractivity contribution in [2.75, 3.05) is 16.0 Å². The molecule has 1 fully saturated rings. The Morgan fingerprint density at radius 2 is 2.08 bits per heavy atom. The molecule has 2 aromatic rings. The van der Waals surface area contributed by atoms with Crippen molar-refractivity contribution >= 4 is 23.3 Å². The first-order chi connectivity index (χ1) is 12.5. The van der Waals surface area contributed by atoms with E-state index in [-0.39, 0.29) is 12.1 Å². The summed E-state index contributed by atoms with van der Waals surface area (Å²) in [6.07, 6.45) is 6.13. The summed E-state index contributed by atoms with van der Waals surface area (Å²) in [5, 5.41) is 14.0. The predicted molar refractivity (Wildman–Crippen MR) is 101 cm³/mol. The highest BCUT2D eigenvalue weighted by Crippen LogP contribution is 2.39. The molecule has 1 aliphatic heterocycles. The van der Waals surface area contributed by atoms with Gasteiger partial charge in [0.05, 0.1) is 11.4 Å². The number of hydrogen-bond donors (Lipinski definition) is 3. The third-order valence-corrected chi connectivity index (χ3v) is 4.92. The second-order valence-corrected chi connectivity index (χ2v) is 6.91. The molecule has 0 radical (unpaired) electrons. The fourth-order valence-corrected chi connectivity index (χ4v) is 3.58. The lowest BCUT2D eigenvalue weighted by atomic mass is 9.85. The van der Waals surface area contributed by atoms with Gasteiger partial charge in [0.15, 0.2) is 0 Å². The van der Waals surface area contributed by atoms with Crippen molar-refractivity contribution in [3.8, 4) is 11.8 Å². The van der Waals surface area contributed by atoms with Crippen molar-refractivity contribution < 1.29 is 5.11 Å². The highest BCUT2D eigenvalue weighted by atomic mass is 16.3. The number of aliphatic hydroxyl groups is 1. The molecule has 0 spiro atoms. The zero-order valence-electron chi connectivity index (χ0n) is 14.7. The summed E-state index contributed by atoms with van der Waals surface area (Å²) < 4.78 is 0. The summed E-state index contributed by atoms with van der Waals surface area (Å²) in [6.45, 7) is 2.02. The van der Waals surface area contributed by atoms with Crippen LogP contribution in [0.15, 0.2) is 24.5 Å². The van der Waals surface area contributed by atoms with Gasteiger partial charge in [-0.2, -0.15) is 4.98 Å². The highest BCUT2D eigenvalue weighted by Gasteiger charge is 2.29. The minimum Gasteiger partial charge on any atom is -0.378 e. The van der Waals surface area contributed by atoms with Gasteiger partial charge in [0.1, 0.15) is 18.1 Å². The molecule has 1 unspecified atom stereocenters. The van der Waals surface area contributed by atoms with Gasteiger partial charge >= 0.3 is 0 Å². The quantitative estimate of drug-likeness (QED) is 0.679. The maximum Gasteiger partial charge on any atom is 0.236 e. The zero-order chi connectivity index (χ0) is 18.1.